The molecule has 1 aliphatic heterocycles. The molecule has 0 spiro atoms. The van der Waals surface area contributed by atoms with Crippen LogP contribution < -0.4 is 10.1 Å². The van der Waals surface area contributed by atoms with Crippen molar-refractivity contribution < 1.29 is 14.3 Å². The Labute approximate surface area is 167 Å². The van der Waals surface area contributed by atoms with E-state index in [9.17, 15) is 9.59 Å². The average Bonchev–Trinajstić information content (AvgIpc) is 2.68. The standard InChI is InChI=1S/C21H23BrN2O3/c1-15-10-12-24(13-11-15)21(26)18-4-2-3-5-19(18)27-14-20(25)23-17-8-6-16(22)7-9-17/h2-9,15H,10-14H2,1H3,(H,23,25). The van der Waals surface area contributed by atoms with Gasteiger partial charge in [-0.05, 0) is 55.2 Å². The summed E-state index contributed by atoms with van der Waals surface area (Å²) in [4.78, 5) is 26.8. The van der Waals surface area contributed by atoms with Crippen LogP contribution in [0.25, 0.3) is 0 Å². The van der Waals surface area contributed by atoms with Gasteiger partial charge in [0.05, 0.1) is 5.56 Å². The van der Waals surface area contributed by atoms with Crippen molar-refractivity contribution in [2.75, 3.05) is 25.0 Å². The van der Waals surface area contributed by atoms with Crippen LogP contribution in [0.1, 0.15) is 30.1 Å². The smallest absolute Gasteiger partial charge is 0.262 e. The number of ether oxygens (including phenoxy) is 1. The quantitative estimate of drug-likeness (QED) is 0.767. The number of nitrogens with zero attached hydrogens (tertiary/aromatic N) is 1. The SMILES string of the molecule is CC1CCN(C(=O)c2ccccc2OCC(=O)Nc2ccc(Br)cc2)CC1. The van der Waals surface area contributed by atoms with Crippen molar-refractivity contribution in [2.24, 2.45) is 5.92 Å². The summed E-state index contributed by atoms with van der Waals surface area (Å²) in [6, 6.07) is 14.4. The molecule has 142 valence electrons. The second kappa shape index (κ2) is 9.04. The lowest BCUT2D eigenvalue weighted by Crippen LogP contribution is -2.38. The van der Waals surface area contributed by atoms with E-state index < -0.39 is 0 Å². The van der Waals surface area contributed by atoms with E-state index in [0.29, 0.717) is 22.9 Å². The molecule has 1 saturated heterocycles. The molecule has 1 fully saturated rings. The summed E-state index contributed by atoms with van der Waals surface area (Å²) in [5.74, 6) is 0.784. The Hall–Kier alpha value is -2.34. The number of rotatable bonds is 5. The van der Waals surface area contributed by atoms with Crippen LogP contribution in [-0.2, 0) is 4.79 Å². The molecule has 1 aliphatic rings. The lowest BCUT2D eigenvalue weighted by atomic mass is 9.98. The largest absolute Gasteiger partial charge is 0.483 e. The summed E-state index contributed by atoms with van der Waals surface area (Å²) in [6.45, 7) is 3.58. The van der Waals surface area contributed by atoms with Crippen LogP contribution in [-0.4, -0.2) is 36.4 Å². The molecule has 1 heterocycles. The fraction of sp³-hybridized carbons (Fsp3) is 0.333. The number of piperidine rings is 1. The summed E-state index contributed by atoms with van der Waals surface area (Å²) in [6.07, 6.45) is 2.04. The fourth-order valence-corrected chi connectivity index (χ4v) is 3.29. The van der Waals surface area contributed by atoms with Crippen LogP contribution in [0.15, 0.2) is 53.0 Å². The molecule has 2 aromatic carbocycles. The van der Waals surface area contributed by atoms with Crippen molar-refractivity contribution >= 4 is 33.4 Å². The Kier molecular flexibility index (Phi) is 6.50. The van der Waals surface area contributed by atoms with Gasteiger partial charge in [-0.15, -0.1) is 0 Å². The number of carbonyl (C=O) groups is 2. The van der Waals surface area contributed by atoms with E-state index in [-0.39, 0.29) is 18.4 Å². The van der Waals surface area contributed by atoms with E-state index in [1.165, 1.54) is 0 Å². The molecular weight excluding hydrogens is 408 g/mol. The summed E-state index contributed by atoms with van der Waals surface area (Å²) in [5.41, 5.74) is 1.20. The molecule has 0 radical (unpaired) electrons. The lowest BCUT2D eigenvalue weighted by molar-refractivity contribution is -0.118. The molecule has 0 bridgehead atoms. The molecule has 3 rings (SSSR count). The number of halogens is 1. The highest BCUT2D eigenvalue weighted by molar-refractivity contribution is 9.10. The second-order valence-corrected chi connectivity index (χ2v) is 7.73. The maximum Gasteiger partial charge on any atom is 0.262 e. The number of hydrogen-bond donors (Lipinski definition) is 1. The average molecular weight is 431 g/mol. The first-order chi connectivity index (χ1) is 13.0. The third kappa shape index (κ3) is 5.32. The van der Waals surface area contributed by atoms with Crippen LogP contribution in [0, 0.1) is 5.92 Å². The van der Waals surface area contributed by atoms with E-state index in [0.717, 1.165) is 30.4 Å². The van der Waals surface area contributed by atoms with Crippen LogP contribution in [0.3, 0.4) is 0 Å². The number of para-hydroxylation sites is 1. The van der Waals surface area contributed by atoms with Gasteiger partial charge in [-0.3, -0.25) is 9.59 Å². The van der Waals surface area contributed by atoms with Crippen molar-refractivity contribution in [3.05, 3.63) is 58.6 Å². The number of likely N-dealkylation sites (tertiary alicyclic amines) is 1. The first-order valence-electron chi connectivity index (χ1n) is 9.09. The van der Waals surface area contributed by atoms with Gasteiger partial charge in [-0.1, -0.05) is 35.0 Å². The van der Waals surface area contributed by atoms with Crippen LogP contribution >= 0.6 is 15.9 Å². The molecule has 2 aromatic rings. The van der Waals surface area contributed by atoms with Crippen LogP contribution in [0.2, 0.25) is 0 Å². The van der Waals surface area contributed by atoms with Crippen molar-refractivity contribution in [1.82, 2.24) is 4.90 Å². The third-order valence-corrected chi connectivity index (χ3v) is 5.20. The monoisotopic (exact) mass is 430 g/mol. The zero-order valence-corrected chi connectivity index (χ0v) is 16.9. The van der Waals surface area contributed by atoms with Gasteiger partial charge in [-0.25, -0.2) is 0 Å². The highest BCUT2D eigenvalue weighted by atomic mass is 79.9. The Morgan fingerprint density at radius 2 is 1.78 bits per heavy atom. The second-order valence-electron chi connectivity index (χ2n) is 6.81. The number of hydrogen-bond acceptors (Lipinski definition) is 3. The van der Waals surface area contributed by atoms with Gasteiger partial charge in [0.1, 0.15) is 5.75 Å². The number of anilines is 1. The van der Waals surface area contributed by atoms with E-state index in [2.05, 4.69) is 28.2 Å². The van der Waals surface area contributed by atoms with Gasteiger partial charge in [-0.2, -0.15) is 0 Å². The maximum atomic E-state index is 12.8. The van der Waals surface area contributed by atoms with Crippen molar-refractivity contribution in [1.29, 1.82) is 0 Å². The predicted octanol–water partition coefficient (Wildman–Crippen LogP) is 4.34. The van der Waals surface area contributed by atoms with Gasteiger partial charge in [0, 0.05) is 23.2 Å². The minimum absolute atomic E-state index is 0.0363. The van der Waals surface area contributed by atoms with Gasteiger partial charge in [0.15, 0.2) is 6.61 Å². The molecular formula is C21H23BrN2O3. The molecule has 0 unspecified atom stereocenters. The molecule has 0 aliphatic carbocycles. The van der Waals surface area contributed by atoms with Crippen LogP contribution in [0.5, 0.6) is 5.75 Å². The van der Waals surface area contributed by atoms with E-state index in [4.69, 9.17) is 4.74 Å². The zero-order chi connectivity index (χ0) is 19.2. The Bertz CT molecular complexity index is 799. The topological polar surface area (TPSA) is 58.6 Å². The minimum Gasteiger partial charge on any atom is -0.483 e. The molecule has 5 nitrogen and oxygen atoms in total. The molecule has 0 atom stereocenters. The summed E-state index contributed by atoms with van der Waals surface area (Å²) in [5, 5.41) is 2.78. The van der Waals surface area contributed by atoms with Crippen molar-refractivity contribution in [3.63, 3.8) is 0 Å². The third-order valence-electron chi connectivity index (χ3n) is 4.68. The molecule has 6 heteroatoms. The Morgan fingerprint density at radius 1 is 1.11 bits per heavy atom. The molecule has 0 saturated carbocycles. The molecule has 1 N–H and O–H groups in total. The number of amides is 2. The normalized spacial score (nSPS) is 14.7. The minimum atomic E-state index is -0.272. The molecule has 27 heavy (non-hydrogen) atoms. The summed E-state index contributed by atoms with van der Waals surface area (Å²) >= 11 is 3.36. The highest BCUT2D eigenvalue weighted by Crippen LogP contribution is 2.23. The summed E-state index contributed by atoms with van der Waals surface area (Å²) < 4.78 is 6.60. The predicted molar refractivity (Wildman–Crippen MR) is 109 cm³/mol. The van der Waals surface area contributed by atoms with Crippen LogP contribution in [0.4, 0.5) is 5.69 Å². The lowest BCUT2D eigenvalue weighted by Gasteiger charge is -2.30. The molecule has 0 aromatic heterocycles. The zero-order valence-electron chi connectivity index (χ0n) is 15.3. The number of nitrogens with one attached hydrogen (secondary N) is 1. The van der Waals surface area contributed by atoms with E-state index in [1.54, 1.807) is 30.3 Å². The van der Waals surface area contributed by atoms with Gasteiger partial charge in [0.25, 0.3) is 11.8 Å². The first-order valence-corrected chi connectivity index (χ1v) is 9.89. The number of carbonyl (C=O) groups excluding carboxylic acids is 2. The Morgan fingerprint density at radius 3 is 2.48 bits per heavy atom. The number of benzene rings is 2. The van der Waals surface area contributed by atoms with Crippen molar-refractivity contribution in [3.8, 4) is 5.75 Å². The fourth-order valence-electron chi connectivity index (χ4n) is 3.02. The van der Waals surface area contributed by atoms with Gasteiger partial charge < -0.3 is 15.0 Å². The summed E-state index contributed by atoms with van der Waals surface area (Å²) in [7, 11) is 0. The van der Waals surface area contributed by atoms with Gasteiger partial charge >= 0.3 is 0 Å². The molecule has 2 amide bonds. The Balaban J connectivity index is 1.61. The highest BCUT2D eigenvalue weighted by Gasteiger charge is 2.23. The van der Waals surface area contributed by atoms with E-state index >= 15 is 0 Å². The van der Waals surface area contributed by atoms with E-state index in [1.807, 2.05) is 23.1 Å². The first kappa shape index (κ1) is 19.4. The van der Waals surface area contributed by atoms with Gasteiger partial charge in [0.2, 0.25) is 0 Å². The maximum absolute atomic E-state index is 12.8. The van der Waals surface area contributed by atoms with Crippen molar-refractivity contribution in [2.45, 2.75) is 19.8 Å².